The highest BCUT2D eigenvalue weighted by molar-refractivity contribution is 5.71. The number of hydrogen-bond donors (Lipinski definition) is 0. The van der Waals surface area contributed by atoms with E-state index in [1.54, 1.807) is 4.90 Å². The number of methoxy groups -OCH3 is 1. The first kappa shape index (κ1) is 15.8. The van der Waals surface area contributed by atoms with Crippen molar-refractivity contribution in [3.63, 3.8) is 0 Å². The molecule has 0 bridgehead atoms. The van der Waals surface area contributed by atoms with E-state index < -0.39 is 5.60 Å². The van der Waals surface area contributed by atoms with Gasteiger partial charge in [-0.15, -0.1) is 0 Å². The summed E-state index contributed by atoms with van der Waals surface area (Å²) in [5.41, 5.74) is -0.494. The molecule has 1 aliphatic rings. The van der Waals surface area contributed by atoms with Gasteiger partial charge in [0.1, 0.15) is 5.60 Å². The molecule has 1 heterocycles. The Morgan fingerprint density at radius 2 is 1.95 bits per heavy atom. The van der Waals surface area contributed by atoms with Crippen LogP contribution in [-0.4, -0.2) is 42.3 Å². The number of likely N-dealkylation sites (tertiary alicyclic amines) is 1. The first-order valence-corrected chi connectivity index (χ1v) is 6.81. The Bertz CT molecular complexity index is 335. The lowest BCUT2D eigenvalue weighted by molar-refractivity contribution is -0.142. The minimum atomic E-state index is -0.494. The Hall–Kier alpha value is -1.26. The van der Waals surface area contributed by atoms with Gasteiger partial charge in [-0.25, -0.2) is 4.79 Å². The maximum Gasteiger partial charge on any atom is 0.410 e. The second-order valence-electron chi connectivity index (χ2n) is 6.10. The van der Waals surface area contributed by atoms with Gasteiger partial charge in [0.05, 0.1) is 13.5 Å². The van der Waals surface area contributed by atoms with Crippen LogP contribution in [0.2, 0.25) is 0 Å². The zero-order valence-corrected chi connectivity index (χ0v) is 12.6. The Balaban J connectivity index is 2.64. The van der Waals surface area contributed by atoms with E-state index in [1.807, 2.05) is 27.7 Å². The molecule has 0 radical (unpaired) electrons. The zero-order valence-electron chi connectivity index (χ0n) is 12.6. The van der Waals surface area contributed by atoms with Crippen LogP contribution in [0.4, 0.5) is 4.79 Å². The molecule has 0 aromatic heterocycles. The SMILES string of the molecule is COC(=O)CC1CCCN(C(=O)OC(C)(C)C)C1C. The highest BCUT2D eigenvalue weighted by Crippen LogP contribution is 2.27. The molecule has 19 heavy (non-hydrogen) atoms. The van der Waals surface area contributed by atoms with E-state index in [0.717, 1.165) is 12.8 Å². The predicted molar refractivity (Wildman–Crippen MR) is 71.8 cm³/mol. The monoisotopic (exact) mass is 271 g/mol. The summed E-state index contributed by atoms with van der Waals surface area (Å²) in [5.74, 6) is -0.0726. The van der Waals surface area contributed by atoms with Gasteiger partial charge in [0.15, 0.2) is 0 Å². The van der Waals surface area contributed by atoms with Crippen molar-refractivity contribution in [3.05, 3.63) is 0 Å². The van der Waals surface area contributed by atoms with Gasteiger partial charge in [0.25, 0.3) is 0 Å². The molecule has 0 aromatic carbocycles. The van der Waals surface area contributed by atoms with Crippen molar-refractivity contribution in [1.29, 1.82) is 0 Å². The summed E-state index contributed by atoms with van der Waals surface area (Å²) in [6.45, 7) is 8.22. The number of rotatable bonds is 2. The van der Waals surface area contributed by atoms with Gasteiger partial charge < -0.3 is 14.4 Å². The average Bonchev–Trinajstić information content (AvgIpc) is 2.29. The molecule has 0 saturated carbocycles. The van der Waals surface area contributed by atoms with E-state index in [4.69, 9.17) is 9.47 Å². The fourth-order valence-corrected chi connectivity index (χ4v) is 2.37. The maximum absolute atomic E-state index is 12.1. The lowest BCUT2D eigenvalue weighted by Gasteiger charge is -2.39. The van der Waals surface area contributed by atoms with Crippen molar-refractivity contribution in [3.8, 4) is 0 Å². The second-order valence-corrected chi connectivity index (χ2v) is 6.10. The van der Waals surface area contributed by atoms with Gasteiger partial charge in [-0.05, 0) is 46.5 Å². The fourth-order valence-electron chi connectivity index (χ4n) is 2.37. The summed E-state index contributed by atoms with van der Waals surface area (Å²) in [6.07, 6.45) is 1.90. The molecule has 5 heteroatoms. The van der Waals surface area contributed by atoms with Crippen LogP contribution in [0.5, 0.6) is 0 Å². The largest absolute Gasteiger partial charge is 0.469 e. The van der Waals surface area contributed by atoms with E-state index in [9.17, 15) is 9.59 Å². The molecular weight excluding hydrogens is 246 g/mol. The zero-order chi connectivity index (χ0) is 14.6. The standard InChI is InChI=1S/C14H25NO4/c1-10-11(9-12(16)18-5)7-6-8-15(10)13(17)19-14(2,3)4/h10-11H,6-9H2,1-5H3. The lowest BCUT2D eigenvalue weighted by Crippen LogP contribution is -2.49. The normalized spacial score (nSPS) is 23.9. The highest BCUT2D eigenvalue weighted by atomic mass is 16.6. The Kier molecular flexibility index (Phi) is 5.20. The molecule has 1 saturated heterocycles. The third kappa shape index (κ3) is 4.73. The van der Waals surface area contributed by atoms with Gasteiger partial charge in [-0.3, -0.25) is 4.79 Å². The number of hydrogen-bond acceptors (Lipinski definition) is 4. The quantitative estimate of drug-likeness (QED) is 0.724. The van der Waals surface area contributed by atoms with Crippen molar-refractivity contribution >= 4 is 12.1 Å². The van der Waals surface area contributed by atoms with Crippen molar-refractivity contribution < 1.29 is 19.1 Å². The van der Waals surface area contributed by atoms with Crippen LogP contribution in [0.15, 0.2) is 0 Å². The maximum atomic E-state index is 12.1. The molecule has 1 amide bonds. The topological polar surface area (TPSA) is 55.8 Å². The van der Waals surface area contributed by atoms with Gasteiger partial charge in [0.2, 0.25) is 0 Å². The van der Waals surface area contributed by atoms with Crippen LogP contribution >= 0.6 is 0 Å². The van der Waals surface area contributed by atoms with E-state index >= 15 is 0 Å². The summed E-state index contributed by atoms with van der Waals surface area (Å²) >= 11 is 0. The Morgan fingerprint density at radius 1 is 1.32 bits per heavy atom. The van der Waals surface area contributed by atoms with Crippen molar-refractivity contribution in [2.45, 2.75) is 58.6 Å². The van der Waals surface area contributed by atoms with Crippen molar-refractivity contribution in [2.24, 2.45) is 5.92 Å². The first-order valence-electron chi connectivity index (χ1n) is 6.81. The molecule has 0 N–H and O–H groups in total. The molecule has 0 aromatic rings. The van der Waals surface area contributed by atoms with Crippen LogP contribution in [0.1, 0.15) is 47.0 Å². The number of nitrogens with zero attached hydrogens (tertiary/aromatic N) is 1. The molecule has 2 unspecified atom stereocenters. The average molecular weight is 271 g/mol. The molecule has 0 spiro atoms. The first-order chi connectivity index (χ1) is 8.74. The second kappa shape index (κ2) is 6.26. The van der Waals surface area contributed by atoms with Gasteiger partial charge in [-0.2, -0.15) is 0 Å². The van der Waals surface area contributed by atoms with Crippen LogP contribution in [-0.2, 0) is 14.3 Å². The van der Waals surface area contributed by atoms with E-state index in [-0.39, 0.29) is 24.0 Å². The van der Waals surface area contributed by atoms with Gasteiger partial charge in [-0.1, -0.05) is 0 Å². The van der Waals surface area contributed by atoms with Crippen LogP contribution in [0.3, 0.4) is 0 Å². The van der Waals surface area contributed by atoms with Crippen LogP contribution in [0, 0.1) is 5.92 Å². The predicted octanol–water partition coefficient (Wildman–Crippen LogP) is 2.59. The van der Waals surface area contributed by atoms with Crippen LogP contribution in [0.25, 0.3) is 0 Å². The number of piperidine rings is 1. The Labute approximate surface area is 115 Å². The molecule has 5 nitrogen and oxygen atoms in total. The third-order valence-electron chi connectivity index (χ3n) is 3.43. The summed E-state index contributed by atoms with van der Waals surface area (Å²) in [4.78, 5) is 25.2. The highest BCUT2D eigenvalue weighted by Gasteiger charge is 2.34. The summed E-state index contributed by atoms with van der Waals surface area (Å²) in [7, 11) is 1.39. The third-order valence-corrected chi connectivity index (χ3v) is 3.43. The van der Waals surface area contributed by atoms with Crippen molar-refractivity contribution in [1.82, 2.24) is 4.90 Å². The lowest BCUT2D eigenvalue weighted by atomic mass is 9.88. The van der Waals surface area contributed by atoms with E-state index in [1.165, 1.54) is 7.11 Å². The number of amides is 1. The van der Waals surface area contributed by atoms with E-state index in [0.29, 0.717) is 13.0 Å². The minimum absolute atomic E-state index is 0.00250. The Morgan fingerprint density at radius 3 is 2.47 bits per heavy atom. The smallest absolute Gasteiger partial charge is 0.410 e. The van der Waals surface area contributed by atoms with Gasteiger partial charge >= 0.3 is 12.1 Å². The van der Waals surface area contributed by atoms with Gasteiger partial charge in [0, 0.05) is 12.6 Å². The summed E-state index contributed by atoms with van der Waals surface area (Å²) < 4.78 is 10.1. The minimum Gasteiger partial charge on any atom is -0.469 e. The van der Waals surface area contributed by atoms with E-state index in [2.05, 4.69) is 0 Å². The van der Waals surface area contributed by atoms with Crippen LogP contribution < -0.4 is 0 Å². The fraction of sp³-hybridized carbons (Fsp3) is 0.857. The summed E-state index contributed by atoms with van der Waals surface area (Å²) in [5, 5.41) is 0. The molecule has 0 aliphatic carbocycles. The number of ether oxygens (including phenoxy) is 2. The molecule has 1 fully saturated rings. The summed E-state index contributed by atoms with van der Waals surface area (Å²) in [6, 6.07) is 0.00250. The number of esters is 1. The number of carbonyl (C=O) groups excluding carboxylic acids is 2. The van der Waals surface area contributed by atoms with Crippen molar-refractivity contribution in [2.75, 3.05) is 13.7 Å². The molecule has 110 valence electrons. The molecule has 2 atom stereocenters. The molecule has 1 rings (SSSR count). The molecule has 1 aliphatic heterocycles. The molecular formula is C14H25NO4. The number of carbonyl (C=O) groups is 2.